The van der Waals surface area contributed by atoms with Crippen molar-refractivity contribution in [2.45, 2.75) is 39.3 Å². The largest absolute Gasteiger partial charge is 0.372 e. The van der Waals surface area contributed by atoms with Gasteiger partial charge in [0.05, 0.1) is 6.10 Å². The molecule has 0 aromatic carbocycles. The lowest BCUT2D eigenvalue weighted by molar-refractivity contribution is -0.131. The highest BCUT2D eigenvalue weighted by Crippen LogP contribution is 2.32. The molecular weight excluding hydrogens is 278 g/mol. The summed E-state index contributed by atoms with van der Waals surface area (Å²) in [4.78, 5) is 18.8. The number of aromatic nitrogens is 2. The average Bonchev–Trinajstić information content (AvgIpc) is 3.16. The third-order valence-corrected chi connectivity index (χ3v) is 4.36. The number of hydrogen-bond donors (Lipinski definition) is 0. The standard InChI is InChI=1S/C17H23N3O2/c1-3-19(4-2)16(21)12-20-14(15-8-6-10-22-15)11-13-7-5-9-18-17(13)20/h5,7,9,11,15H,3-4,6,8,10,12H2,1-2H3/t15-/m0/s1. The van der Waals surface area contributed by atoms with Crippen LogP contribution in [-0.2, 0) is 16.1 Å². The van der Waals surface area contributed by atoms with Crippen LogP contribution in [0.1, 0.15) is 38.5 Å². The van der Waals surface area contributed by atoms with Crippen molar-refractivity contribution < 1.29 is 9.53 Å². The maximum Gasteiger partial charge on any atom is 0.242 e. The minimum Gasteiger partial charge on any atom is -0.372 e. The zero-order valence-electron chi connectivity index (χ0n) is 13.3. The van der Waals surface area contributed by atoms with Gasteiger partial charge in [0.15, 0.2) is 0 Å². The fraction of sp³-hybridized carbons (Fsp3) is 0.529. The molecule has 5 heteroatoms. The Morgan fingerprint density at radius 1 is 1.45 bits per heavy atom. The minimum atomic E-state index is 0.0821. The normalized spacial score (nSPS) is 18.0. The van der Waals surface area contributed by atoms with Crippen LogP contribution in [0.2, 0.25) is 0 Å². The van der Waals surface area contributed by atoms with Crippen molar-refractivity contribution in [1.29, 1.82) is 0 Å². The monoisotopic (exact) mass is 301 g/mol. The van der Waals surface area contributed by atoms with Crippen LogP contribution in [-0.4, -0.2) is 40.1 Å². The van der Waals surface area contributed by atoms with E-state index >= 15 is 0 Å². The maximum atomic E-state index is 12.5. The number of fused-ring (bicyclic) bond motifs is 1. The topological polar surface area (TPSA) is 47.4 Å². The summed E-state index contributed by atoms with van der Waals surface area (Å²) in [6.07, 6.45) is 3.94. The summed E-state index contributed by atoms with van der Waals surface area (Å²) in [6.45, 7) is 6.61. The first-order chi connectivity index (χ1) is 10.7. The Morgan fingerprint density at radius 3 is 2.95 bits per heavy atom. The Hall–Kier alpha value is -1.88. The Labute approximate surface area is 130 Å². The van der Waals surface area contributed by atoms with Gasteiger partial charge in [0.2, 0.25) is 5.91 Å². The van der Waals surface area contributed by atoms with Gasteiger partial charge in [-0.2, -0.15) is 0 Å². The van der Waals surface area contributed by atoms with Gasteiger partial charge < -0.3 is 14.2 Å². The first-order valence-electron chi connectivity index (χ1n) is 8.08. The van der Waals surface area contributed by atoms with Crippen LogP contribution in [0, 0.1) is 0 Å². The molecule has 2 aromatic rings. The molecule has 0 aliphatic carbocycles. The van der Waals surface area contributed by atoms with Gasteiger partial charge in [-0.3, -0.25) is 4.79 Å². The lowest BCUT2D eigenvalue weighted by Crippen LogP contribution is -2.34. The van der Waals surface area contributed by atoms with E-state index in [0.29, 0.717) is 6.54 Å². The number of nitrogens with zero attached hydrogens (tertiary/aromatic N) is 3. The number of hydrogen-bond acceptors (Lipinski definition) is 3. The third-order valence-electron chi connectivity index (χ3n) is 4.36. The molecule has 0 radical (unpaired) electrons. The molecule has 1 aliphatic heterocycles. The second-order valence-corrected chi connectivity index (χ2v) is 5.64. The zero-order valence-corrected chi connectivity index (χ0v) is 13.3. The summed E-state index contributed by atoms with van der Waals surface area (Å²) in [5, 5.41) is 1.07. The summed E-state index contributed by atoms with van der Waals surface area (Å²) >= 11 is 0. The van der Waals surface area contributed by atoms with Gasteiger partial charge in [-0.15, -0.1) is 0 Å². The van der Waals surface area contributed by atoms with E-state index in [1.807, 2.05) is 35.4 Å². The molecule has 0 bridgehead atoms. The molecule has 0 N–H and O–H groups in total. The maximum absolute atomic E-state index is 12.5. The highest BCUT2D eigenvalue weighted by Gasteiger charge is 2.24. The Kier molecular flexibility index (Phi) is 4.43. The van der Waals surface area contributed by atoms with E-state index in [9.17, 15) is 4.79 Å². The van der Waals surface area contributed by atoms with Gasteiger partial charge in [0, 0.05) is 37.0 Å². The van der Waals surface area contributed by atoms with E-state index in [1.54, 1.807) is 6.20 Å². The molecule has 118 valence electrons. The van der Waals surface area contributed by atoms with E-state index in [2.05, 4.69) is 11.1 Å². The highest BCUT2D eigenvalue weighted by molar-refractivity contribution is 5.82. The molecule has 1 aliphatic rings. The number of pyridine rings is 1. The fourth-order valence-electron chi connectivity index (χ4n) is 3.16. The summed E-state index contributed by atoms with van der Waals surface area (Å²) in [5.74, 6) is 0.132. The van der Waals surface area contributed by atoms with E-state index in [-0.39, 0.29) is 12.0 Å². The van der Waals surface area contributed by atoms with Gasteiger partial charge in [0.25, 0.3) is 0 Å². The smallest absolute Gasteiger partial charge is 0.242 e. The molecule has 0 unspecified atom stereocenters. The number of carbonyl (C=O) groups is 1. The molecule has 0 spiro atoms. The van der Waals surface area contributed by atoms with E-state index < -0.39 is 0 Å². The van der Waals surface area contributed by atoms with Crippen LogP contribution in [0.5, 0.6) is 0 Å². The molecule has 3 rings (SSSR count). The molecule has 1 saturated heterocycles. The molecule has 3 heterocycles. The Bertz CT molecular complexity index is 655. The number of likely N-dealkylation sites (N-methyl/N-ethyl adjacent to an activating group) is 1. The first-order valence-corrected chi connectivity index (χ1v) is 8.08. The molecule has 1 atom stereocenters. The minimum absolute atomic E-state index is 0.0821. The first kappa shape index (κ1) is 15.0. The van der Waals surface area contributed by atoms with Crippen molar-refractivity contribution in [2.24, 2.45) is 0 Å². The van der Waals surface area contributed by atoms with Crippen LogP contribution >= 0.6 is 0 Å². The molecule has 0 saturated carbocycles. The van der Waals surface area contributed by atoms with E-state index in [4.69, 9.17) is 4.74 Å². The molecule has 1 amide bonds. The number of amides is 1. The summed E-state index contributed by atoms with van der Waals surface area (Å²) in [6, 6.07) is 6.09. The summed E-state index contributed by atoms with van der Waals surface area (Å²) in [5.41, 5.74) is 1.94. The molecule has 22 heavy (non-hydrogen) atoms. The van der Waals surface area contributed by atoms with Crippen LogP contribution < -0.4 is 0 Å². The number of carbonyl (C=O) groups excluding carboxylic acids is 1. The SMILES string of the molecule is CCN(CC)C(=O)Cn1c([C@@H]2CCCO2)cc2cccnc21. The van der Waals surface area contributed by atoms with Crippen LogP contribution in [0.4, 0.5) is 0 Å². The van der Waals surface area contributed by atoms with Crippen LogP contribution in [0.3, 0.4) is 0 Å². The second kappa shape index (κ2) is 6.48. The van der Waals surface area contributed by atoms with Gasteiger partial charge >= 0.3 is 0 Å². The molecule has 1 fully saturated rings. The quantitative estimate of drug-likeness (QED) is 0.853. The second-order valence-electron chi connectivity index (χ2n) is 5.64. The average molecular weight is 301 g/mol. The Morgan fingerprint density at radius 2 is 2.27 bits per heavy atom. The van der Waals surface area contributed by atoms with E-state index in [1.165, 1.54) is 0 Å². The molecule has 2 aromatic heterocycles. The van der Waals surface area contributed by atoms with Crippen molar-refractivity contribution >= 4 is 16.9 Å². The highest BCUT2D eigenvalue weighted by atomic mass is 16.5. The third kappa shape index (κ3) is 2.73. The van der Waals surface area contributed by atoms with Crippen molar-refractivity contribution in [3.8, 4) is 0 Å². The lowest BCUT2D eigenvalue weighted by Gasteiger charge is -2.21. The predicted molar refractivity (Wildman–Crippen MR) is 85.6 cm³/mol. The van der Waals surface area contributed by atoms with Crippen molar-refractivity contribution in [2.75, 3.05) is 19.7 Å². The van der Waals surface area contributed by atoms with Gasteiger partial charge in [0.1, 0.15) is 12.2 Å². The number of rotatable bonds is 5. The van der Waals surface area contributed by atoms with Gasteiger partial charge in [-0.25, -0.2) is 4.98 Å². The lowest BCUT2D eigenvalue weighted by atomic mass is 10.2. The fourth-order valence-corrected chi connectivity index (χ4v) is 3.16. The van der Waals surface area contributed by atoms with Crippen LogP contribution in [0.15, 0.2) is 24.4 Å². The van der Waals surface area contributed by atoms with E-state index in [0.717, 1.165) is 49.3 Å². The van der Waals surface area contributed by atoms with Gasteiger partial charge in [-0.05, 0) is 44.9 Å². The summed E-state index contributed by atoms with van der Waals surface area (Å²) in [7, 11) is 0. The molecule has 5 nitrogen and oxygen atoms in total. The number of ether oxygens (including phenoxy) is 1. The Balaban J connectivity index is 1.98. The van der Waals surface area contributed by atoms with Crippen LogP contribution in [0.25, 0.3) is 11.0 Å². The predicted octanol–water partition coefficient (Wildman–Crippen LogP) is 2.76. The van der Waals surface area contributed by atoms with Crippen molar-refractivity contribution in [3.63, 3.8) is 0 Å². The van der Waals surface area contributed by atoms with Crippen molar-refractivity contribution in [3.05, 3.63) is 30.1 Å². The summed E-state index contributed by atoms with van der Waals surface area (Å²) < 4.78 is 7.86. The van der Waals surface area contributed by atoms with Crippen molar-refractivity contribution in [1.82, 2.24) is 14.5 Å². The zero-order chi connectivity index (χ0) is 15.5. The molecular formula is C17H23N3O2. The van der Waals surface area contributed by atoms with Gasteiger partial charge in [-0.1, -0.05) is 0 Å².